The summed E-state index contributed by atoms with van der Waals surface area (Å²) in [4.78, 5) is 0. The Balaban J connectivity index is 1.79. The second-order valence-electron chi connectivity index (χ2n) is 5.40. The average molecular weight is 301 g/mol. The van der Waals surface area contributed by atoms with Crippen LogP contribution in [0.15, 0.2) is 66.7 Å². The topological polar surface area (TPSA) is 61.8 Å². The average Bonchev–Trinajstić information content (AvgIpc) is 3.10. The van der Waals surface area contributed by atoms with E-state index in [2.05, 4.69) is 70.0 Å². The van der Waals surface area contributed by atoms with Crippen molar-refractivity contribution in [3.05, 3.63) is 72.4 Å². The number of nitrogens with zero attached hydrogens (tertiary/aromatic N) is 2. The highest BCUT2D eigenvalue weighted by Gasteiger charge is 2.09. The van der Waals surface area contributed by atoms with Gasteiger partial charge in [0.15, 0.2) is 0 Å². The van der Waals surface area contributed by atoms with E-state index in [4.69, 9.17) is 0 Å². The molecule has 4 nitrogen and oxygen atoms in total. The van der Waals surface area contributed by atoms with Crippen LogP contribution in [0.4, 0.5) is 0 Å². The van der Waals surface area contributed by atoms with E-state index in [1.54, 1.807) is 0 Å². The predicted octanol–water partition coefficient (Wildman–Crippen LogP) is 3.78. The van der Waals surface area contributed by atoms with Crippen LogP contribution in [0.2, 0.25) is 0 Å². The number of H-pyrrole nitrogens is 1. The first-order valence-electron chi connectivity index (χ1n) is 7.46. The minimum Gasteiger partial charge on any atom is -0.390 e. The fourth-order valence-corrected chi connectivity index (χ4v) is 2.88. The zero-order chi connectivity index (χ0) is 15.6. The summed E-state index contributed by atoms with van der Waals surface area (Å²) in [6, 6.07) is 22.9. The van der Waals surface area contributed by atoms with Crippen LogP contribution in [0, 0.1) is 0 Å². The lowest BCUT2D eigenvalue weighted by Gasteiger charge is -2.08. The third-order valence-corrected chi connectivity index (χ3v) is 4.04. The van der Waals surface area contributed by atoms with Crippen molar-refractivity contribution in [2.75, 3.05) is 0 Å². The lowest BCUT2D eigenvalue weighted by atomic mass is 9.97. The van der Waals surface area contributed by atoms with Crippen LogP contribution in [-0.4, -0.2) is 20.5 Å². The number of aromatic amines is 1. The van der Waals surface area contributed by atoms with E-state index in [1.165, 1.54) is 16.3 Å². The Hall–Kier alpha value is -2.98. The molecule has 0 spiro atoms. The molecule has 23 heavy (non-hydrogen) atoms. The molecular formula is C19H15N3O. The highest BCUT2D eigenvalue weighted by molar-refractivity contribution is 5.96. The van der Waals surface area contributed by atoms with Gasteiger partial charge in [0.2, 0.25) is 0 Å². The molecule has 0 amide bonds. The summed E-state index contributed by atoms with van der Waals surface area (Å²) in [5.74, 6) is 0. The minimum atomic E-state index is -0.104. The maximum Gasteiger partial charge on any atom is 0.118 e. The molecule has 2 N–H and O–H groups in total. The molecule has 4 heteroatoms. The fourth-order valence-electron chi connectivity index (χ4n) is 2.88. The minimum absolute atomic E-state index is 0.104. The third kappa shape index (κ3) is 2.39. The second kappa shape index (κ2) is 5.66. The molecule has 4 rings (SSSR count). The van der Waals surface area contributed by atoms with Crippen LogP contribution >= 0.6 is 0 Å². The quantitative estimate of drug-likeness (QED) is 0.605. The molecule has 0 saturated carbocycles. The maximum absolute atomic E-state index is 9.31. The normalized spacial score (nSPS) is 11.0. The number of aliphatic hydroxyl groups is 1. The summed E-state index contributed by atoms with van der Waals surface area (Å²) in [5, 5.41) is 22.3. The molecule has 0 aliphatic heterocycles. The van der Waals surface area contributed by atoms with Gasteiger partial charge in [-0.1, -0.05) is 71.9 Å². The zero-order valence-electron chi connectivity index (χ0n) is 12.4. The Morgan fingerprint density at radius 3 is 2.39 bits per heavy atom. The number of hydrogen-bond donors (Lipinski definition) is 2. The van der Waals surface area contributed by atoms with E-state index in [-0.39, 0.29) is 6.61 Å². The van der Waals surface area contributed by atoms with Gasteiger partial charge in [0, 0.05) is 5.56 Å². The molecule has 0 aliphatic rings. The van der Waals surface area contributed by atoms with E-state index in [1.807, 2.05) is 12.1 Å². The predicted molar refractivity (Wildman–Crippen MR) is 90.7 cm³/mol. The molecule has 0 bridgehead atoms. The largest absolute Gasteiger partial charge is 0.390 e. The van der Waals surface area contributed by atoms with Crippen molar-refractivity contribution in [3.63, 3.8) is 0 Å². The molecule has 0 aliphatic carbocycles. The van der Waals surface area contributed by atoms with E-state index in [0.29, 0.717) is 11.4 Å². The second-order valence-corrected chi connectivity index (χ2v) is 5.40. The summed E-state index contributed by atoms with van der Waals surface area (Å²) >= 11 is 0. The van der Waals surface area contributed by atoms with Gasteiger partial charge in [-0.3, -0.25) is 5.10 Å². The van der Waals surface area contributed by atoms with E-state index in [0.717, 1.165) is 11.1 Å². The molecule has 1 aromatic heterocycles. The molecule has 0 radical (unpaired) electrons. The summed E-state index contributed by atoms with van der Waals surface area (Å²) in [6.45, 7) is -0.104. The molecule has 112 valence electrons. The van der Waals surface area contributed by atoms with Crippen molar-refractivity contribution in [2.24, 2.45) is 0 Å². The number of rotatable bonds is 3. The molecule has 3 aromatic carbocycles. The van der Waals surface area contributed by atoms with Crippen LogP contribution in [-0.2, 0) is 6.61 Å². The molecule has 0 atom stereocenters. The lowest BCUT2D eigenvalue weighted by molar-refractivity contribution is 0.277. The van der Waals surface area contributed by atoms with Crippen LogP contribution in [0.3, 0.4) is 0 Å². The van der Waals surface area contributed by atoms with Gasteiger partial charge in [-0.05, 0) is 21.9 Å². The number of aliphatic hydroxyl groups excluding tert-OH is 1. The molecular weight excluding hydrogens is 286 g/mol. The van der Waals surface area contributed by atoms with Crippen molar-refractivity contribution >= 4 is 10.8 Å². The van der Waals surface area contributed by atoms with Gasteiger partial charge in [-0.15, -0.1) is 5.10 Å². The highest BCUT2D eigenvalue weighted by Crippen LogP contribution is 2.30. The van der Waals surface area contributed by atoms with E-state index >= 15 is 0 Å². The number of hydrogen-bond acceptors (Lipinski definition) is 3. The van der Waals surface area contributed by atoms with Crippen LogP contribution < -0.4 is 0 Å². The standard InChI is InChI=1S/C19H15N3O/c23-12-18-19(21-22-20-18)15-10-8-14(9-11-15)17-7-3-5-13-4-1-2-6-16(13)17/h1-11,23H,12H2,(H,20,21,22). The maximum atomic E-state index is 9.31. The summed E-state index contributed by atoms with van der Waals surface area (Å²) < 4.78 is 0. The Bertz CT molecular complexity index is 952. The van der Waals surface area contributed by atoms with E-state index < -0.39 is 0 Å². The SMILES string of the molecule is OCc1[nH]nnc1-c1ccc(-c2cccc3ccccc23)cc1. The number of benzene rings is 3. The van der Waals surface area contributed by atoms with Gasteiger partial charge >= 0.3 is 0 Å². The smallest absolute Gasteiger partial charge is 0.118 e. The highest BCUT2D eigenvalue weighted by atomic mass is 16.3. The van der Waals surface area contributed by atoms with Crippen molar-refractivity contribution in [1.29, 1.82) is 0 Å². The first-order chi connectivity index (χ1) is 11.4. The number of nitrogens with one attached hydrogen (secondary N) is 1. The van der Waals surface area contributed by atoms with Crippen LogP contribution in [0.1, 0.15) is 5.69 Å². The Morgan fingerprint density at radius 1 is 0.826 bits per heavy atom. The summed E-state index contributed by atoms with van der Waals surface area (Å²) in [5.41, 5.74) is 4.61. The first kappa shape index (κ1) is 13.7. The molecule has 4 aromatic rings. The summed E-state index contributed by atoms with van der Waals surface area (Å²) in [6.07, 6.45) is 0. The molecule has 1 heterocycles. The van der Waals surface area contributed by atoms with E-state index in [9.17, 15) is 5.11 Å². The Kier molecular flexibility index (Phi) is 3.37. The monoisotopic (exact) mass is 301 g/mol. The number of fused-ring (bicyclic) bond motifs is 1. The van der Waals surface area contributed by atoms with Crippen molar-refractivity contribution in [1.82, 2.24) is 15.4 Å². The van der Waals surface area contributed by atoms with Crippen molar-refractivity contribution in [3.8, 4) is 22.4 Å². The van der Waals surface area contributed by atoms with Gasteiger partial charge in [0.25, 0.3) is 0 Å². The van der Waals surface area contributed by atoms with Gasteiger partial charge in [0.05, 0.1) is 12.3 Å². The van der Waals surface area contributed by atoms with Gasteiger partial charge in [-0.25, -0.2) is 0 Å². The first-order valence-corrected chi connectivity index (χ1v) is 7.46. The number of aromatic nitrogens is 3. The molecule has 0 unspecified atom stereocenters. The molecule has 0 fully saturated rings. The van der Waals surface area contributed by atoms with Gasteiger partial charge in [0.1, 0.15) is 5.69 Å². The Morgan fingerprint density at radius 2 is 1.57 bits per heavy atom. The van der Waals surface area contributed by atoms with Gasteiger partial charge < -0.3 is 5.11 Å². The molecule has 0 saturated heterocycles. The Labute approximate surface area is 133 Å². The van der Waals surface area contributed by atoms with Crippen molar-refractivity contribution in [2.45, 2.75) is 6.61 Å². The van der Waals surface area contributed by atoms with Crippen molar-refractivity contribution < 1.29 is 5.11 Å². The summed E-state index contributed by atoms with van der Waals surface area (Å²) in [7, 11) is 0. The lowest BCUT2D eigenvalue weighted by Crippen LogP contribution is -1.88. The van der Waals surface area contributed by atoms with Crippen LogP contribution in [0.5, 0.6) is 0 Å². The van der Waals surface area contributed by atoms with Gasteiger partial charge in [-0.2, -0.15) is 0 Å². The third-order valence-electron chi connectivity index (χ3n) is 4.04. The fraction of sp³-hybridized carbons (Fsp3) is 0.0526. The van der Waals surface area contributed by atoms with Crippen LogP contribution in [0.25, 0.3) is 33.2 Å². The zero-order valence-corrected chi connectivity index (χ0v) is 12.4.